The van der Waals surface area contributed by atoms with Crippen molar-refractivity contribution in [2.75, 3.05) is 0 Å². The maximum absolute atomic E-state index is 11.8. The van der Waals surface area contributed by atoms with Crippen LogP contribution in [-0.2, 0) is 11.3 Å². The normalized spacial score (nSPS) is 11.0. The molecule has 0 unspecified atom stereocenters. The smallest absolute Gasteiger partial charge is 0.269 e. The van der Waals surface area contributed by atoms with E-state index in [0.717, 1.165) is 11.0 Å². The van der Waals surface area contributed by atoms with Crippen LogP contribution in [0.3, 0.4) is 0 Å². The van der Waals surface area contributed by atoms with Gasteiger partial charge in [0.25, 0.3) is 5.69 Å². The average Bonchev–Trinajstić information content (AvgIpc) is 3.03. The maximum Gasteiger partial charge on any atom is 0.269 e. The number of benzene rings is 2. The number of amides is 1. The fourth-order valence-electron chi connectivity index (χ4n) is 2.21. The lowest BCUT2D eigenvalue weighted by Crippen LogP contribution is -2.19. The van der Waals surface area contributed by atoms with E-state index >= 15 is 0 Å². The van der Waals surface area contributed by atoms with Crippen LogP contribution in [-0.4, -0.2) is 32.0 Å². The fraction of sp³-hybridized carbons (Fsp3) is 0.125. The number of nitro benzene ring substituents is 1. The zero-order valence-electron chi connectivity index (χ0n) is 13.1. The minimum absolute atomic E-state index is 0.00115. The number of hydrogen-bond donors (Lipinski definition) is 1. The van der Waals surface area contributed by atoms with Gasteiger partial charge in [0, 0.05) is 18.6 Å². The summed E-state index contributed by atoms with van der Waals surface area (Å²) in [5.74, 6) is -0.266. The minimum atomic E-state index is -0.476. The van der Waals surface area contributed by atoms with Crippen molar-refractivity contribution in [1.82, 2.24) is 20.4 Å². The van der Waals surface area contributed by atoms with Crippen molar-refractivity contribution < 1.29 is 9.72 Å². The molecule has 0 aliphatic rings. The minimum Gasteiger partial charge on any atom is -0.273 e. The number of hydrazone groups is 1. The van der Waals surface area contributed by atoms with Gasteiger partial charge in [-0.15, -0.1) is 5.10 Å². The van der Waals surface area contributed by atoms with Crippen LogP contribution in [0.5, 0.6) is 0 Å². The summed E-state index contributed by atoms with van der Waals surface area (Å²) in [6.45, 7) is 0.388. The van der Waals surface area contributed by atoms with Crippen LogP contribution in [0.25, 0.3) is 11.0 Å². The fourth-order valence-corrected chi connectivity index (χ4v) is 2.21. The van der Waals surface area contributed by atoms with Gasteiger partial charge in [-0.2, -0.15) is 5.10 Å². The molecular weight excluding hydrogens is 324 g/mol. The molecule has 2 aromatic carbocycles. The summed E-state index contributed by atoms with van der Waals surface area (Å²) in [5, 5.41) is 22.4. The van der Waals surface area contributed by atoms with Crippen LogP contribution in [0.4, 0.5) is 5.69 Å². The number of carbonyl (C=O) groups excluding carboxylic acids is 1. The summed E-state index contributed by atoms with van der Waals surface area (Å²) in [6.07, 6.45) is 1.62. The van der Waals surface area contributed by atoms with Gasteiger partial charge in [-0.1, -0.05) is 17.3 Å². The van der Waals surface area contributed by atoms with Crippen molar-refractivity contribution in [3.8, 4) is 0 Å². The van der Waals surface area contributed by atoms with Gasteiger partial charge in [-0.25, -0.2) is 10.1 Å². The summed E-state index contributed by atoms with van der Waals surface area (Å²) in [5.41, 5.74) is 4.70. The standard InChI is InChI=1S/C16H14N6O3/c23-16(9-10-21-15-4-2-1-3-14(15)18-20-21)19-17-11-12-5-7-13(8-6-12)22(24)25/h1-8,11H,9-10H2,(H,19,23)/b17-11+. The van der Waals surface area contributed by atoms with E-state index in [9.17, 15) is 14.9 Å². The number of hydrogen-bond acceptors (Lipinski definition) is 6. The zero-order chi connectivity index (χ0) is 17.6. The lowest BCUT2D eigenvalue weighted by Gasteiger charge is -2.01. The van der Waals surface area contributed by atoms with E-state index in [-0.39, 0.29) is 18.0 Å². The highest BCUT2D eigenvalue weighted by Gasteiger charge is 2.06. The Kier molecular flexibility index (Phi) is 4.74. The highest BCUT2D eigenvalue weighted by Crippen LogP contribution is 2.11. The number of aryl methyl sites for hydroxylation is 1. The third-order valence-corrected chi connectivity index (χ3v) is 3.48. The Morgan fingerprint density at radius 2 is 2.00 bits per heavy atom. The lowest BCUT2D eigenvalue weighted by atomic mass is 10.2. The Bertz CT molecular complexity index is 932. The number of nitrogens with one attached hydrogen (secondary N) is 1. The third-order valence-electron chi connectivity index (χ3n) is 3.48. The molecule has 0 fully saturated rings. The van der Waals surface area contributed by atoms with E-state index in [1.165, 1.54) is 18.3 Å². The van der Waals surface area contributed by atoms with Gasteiger partial charge < -0.3 is 0 Å². The van der Waals surface area contributed by atoms with Gasteiger partial charge >= 0.3 is 0 Å². The molecule has 9 nitrogen and oxygen atoms in total. The summed E-state index contributed by atoms with van der Waals surface area (Å²) in [4.78, 5) is 21.9. The van der Waals surface area contributed by atoms with Gasteiger partial charge in [0.05, 0.1) is 23.2 Å². The van der Waals surface area contributed by atoms with Crippen molar-refractivity contribution >= 4 is 28.8 Å². The van der Waals surface area contributed by atoms with Gasteiger partial charge in [0.1, 0.15) is 5.52 Å². The Morgan fingerprint density at radius 3 is 2.76 bits per heavy atom. The molecule has 0 aliphatic heterocycles. The number of aromatic nitrogens is 3. The van der Waals surface area contributed by atoms with Crippen molar-refractivity contribution in [2.24, 2.45) is 5.10 Å². The Labute approximate surface area is 142 Å². The second-order valence-corrected chi connectivity index (χ2v) is 5.19. The first kappa shape index (κ1) is 16.2. The topological polar surface area (TPSA) is 115 Å². The molecule has 3 aromatic rings. The SMILES string of the molecule is O=C(CCn1nnc2ccccc21)N/N=C/c1ccc([N+](=O)[O-])cc1. The molecule has 0 radical (unpaired) electrons. The van der Waals surface area contributed by atoms with Crippen molar-refractivity contribution in [3.63, 3.8) is 0 Å². The monoisotopic (exact) mass is 338 g/mol. The van der Waals surface area contributed by atoms with Crippen molar-refractivity contribution in [2.45, 2.75) is 13.0 Å². The Morgan fingerprint density at radius 1 is 1.24 bits per heavy atom. The number of carbonyl (C=O) groups is 1. The molecule has 1 N–H and O–H groups in total. The second-order valence-electron chi connectivity index (χ2n) is 5.19. The van der Waals surface area contributed by atoms with E-state index in [1.807, 2.05) is 24.3 Å². The number of para-hydroxylation sites is 1. The maximum atomic E-state index is 11.8. The summed E-state index contributed by atoms with van der Waals surface area (Å²) >= 11 is 0. The quantitative estimate of drug-likeness (QED) is 0.418. The van der Waals surface area contributed by atoms with Gasteiger partial charge in [0.15, 0.2) is 0 Å². The third kappa shape index (κ3) is 4.02. The molecule has 25 heavy (non-hydrogen) atoms. The summed E-state index contributed by atoms with van der Waals surface area (Å²) < 4.78 is 1.66. The molecule has 0 aliphatic carbocycles. The number of non-ortho nitro benzene ring substituents is 1. The van der Waals surface area contributed by atoms with E-state index in [2.05, 4.69) is 20.8 Å². The second kappa shape index (κ2) is 7.30. The molecule has 0 saturated heterocycles. The molecule has 0 spiro atoms. The number of nitrogens with zero attached hydrogens (tertiary/aromatic N) is 5. The Hall–Kier alpha value is -3.62. The van der Waals surface area contributed by atoms with E-state index in [4.69, 9.17) is 0 Å². The van der Waals surface area contributed by atoms with Crippen LogP contribution in [0.15, 0.2) is 53.6 Å². The summed E-state index contributed by atoms with van der Waals surface area (Å²) in [7, 11) is 0. The van der Waals surface area contributed by atoms with Crippen molar-refractivity contribution in [1.29, 1.82) is 0 Å². The molecule has 1 aromatic heterocycles. The highest BCUT2D eigenvalue weighted by molar-refractivity contribution is 5.82. The predicted molar refractivity (Wildman–Crippen MR) is 91.0 cm³/mol. The number of rotatable bonds is 6. The number of fused-ring (bicyclic) bond motifs is 1. The lowest BCUT2D eigenvalue weighted by molar-refractivity contribution is -0.384. The van der Waals surface area contributed by atoms with Crippen LogP contribution in [0.2, 0.25) is 0 Å². The molecule has 9 heteroatoms. The van der Waals surface area contributed by atoms with E-state index in [0.29, 0.717) is 12.1 Å². The molecule has 126 valence electrons. The molecular formula is C16H14N6O3. The van der Waals surface area contributed by atoms with Crippen LogP contribution >= 0.6 is 0 Å². The van der Waals surface area contributed by atoms with E-state index < -0.39 is 4.92 Å². The largest absolute Gasteiger partial charge is 0.273 e. The van der Waals surface area contributed by atoms with Crippen LogP contribution in [0, 0.1) is 10.1 Å². The first-order chi connectivity index (χ1) is 12.1. The predicted octanol–water partition coefficient (Wildman–Crippen LogP) is 1.88. The van der Waals surface area contributed by atoms with Crippen LogP contribution < -0.4 is 5.43 Å². The molecule has 3 rings (SSSR count). The van der Waals surface area contributed by atoms with Crippen LogP contribution in [0.1, 0.15) is 12.0 Å². The molecule has 0 atom stereocenters. The first-order valence-corrected chi connectivity index (χ1v) is 7.48. The van der Waals surface area contributed by atoms with Crippen molar-refractivity contribution in [3.05, 3.63) is 64.2 Å². The molecule has 1 amide bonds. The first-order valence-electron chi connectivity index (χ1n) is 7.48. The molecule has 0 saturated carbocycles. The summed E-state index contributed by atoms with van der Waals surface area (Å²) in [6, 6.07) is 13.4. The van der Waals surface area contributed by atoms with Gasteiger partial charge in [-0.05, 0) is 29.8 Å². The molecule has 0 bridgehead atoms. The molecule has 1 heterocycles. The number of nitro groups is 1. The Balaban J connectivity index is 1.51. The van der Waals surface area contributed by atoms with E-state index in [1.54, 1.807) is 16.8 Å². The highest BCUT2D eigenvalue weighted by atomic mass is 16.6. The average molecular weight is 338 g/mol. The zero-order valence-corrected chi connectivity index (χ0v) is 13.1. The van der Waals surface area contributed by atoms with Gasteiger partial charge in [0.2, 0.25) is 5.91 Å². The van der Waals surface area contributed by atoms with Gasteiger partial charge in [-0.3, -0.25) is 14.9 Å².